The molecular formula is C15H19FN2O5. The molecule has 1 unspecified atom stereocenters. The summed E-state index contributed by atoms with van der Waals surface area (Å²) in [7, 11) is 2.53. The molecule has 0 aliphatic carbocycles. The molecule has 23 heavy (non-hydrogen) atoms. The molecule has 0 saturated heterocycles. The summed E-state index contributed by atoms with van der Waals surface area (Å²) in [6.45, 7) is 1.78. The quantitative estimate of drug-likeness (QED) is 0.616. The van der Waals surface area contributed by atoms with E-state index in [4.69, 9.17) is 0 Å². The van der Waals surface area contributed by atoms with Crippen LogP contribution < -0.4 is 5.32 Å². The second-order valence-corrected chi connectivity index (χ2v) is 5.00. The molecule has 126 valence electrons. The van der Waals surface area contributed by atoms with Gasteiger partial charge >= 0.3 is 17.8 Å². The average Bonchev–Trinajstić information content (AvgIpc) is 2.52. The van der Waals surface area contributed by atoms with Gasteiger partial charge in [0.15, 0.2) is 0 Å². The molecule has 0 aliphatic rings. The minimum absolute atomic E-state index is 0.0917. The summed E-state index contributed by atoms with van der Waals surface area (Å²) < 4.78 is 17.9. The van der Waals surface area contributed by atoms with Crippen molar-refractivity contribution in [3.63, 3.8) is 0 Å². The maximum atomic E-state index is 13.5. The number of aliphatic hydroxyl groups is 1. The fourth-order valence-electron chi connectivity index (χ4n) is 1.71. The van der Waals surface area contributed by atoms with Crippen molar-refractivity contribution in [2.75, 3.05) is 26.0 Å². The molecule has 0 fully saturated rings. The highest BCUT2D eigenvalue weighted by Crippen LogP contribution is 2.16. The first-order chi connectivity index (χ1) is 10.8. The van der Waals surface area contributed by atoms with Crippen LogP contribution in [0, 0.1) is 5.82 Å². The first-order valence-electron chi connectivity index (χ1n) is 6.88. The highest BCUT2D eigenvalue weighted by Gasteiger charge is 2.20. The van der Waals surface area contributed by atoms with Crippen molar-refractivity contribution in [3.05, 3.63) is 29.6 Å². The maximum absolute atomic E-state index is 13.5. The normalized spacial score (nSPS) is 11.5. The van der Waals surface area contributed by atoms with E-state index in [1.54, 1.807) is 6.92 Å². The van der Waals surface area contributed by atoms with Crippen LogP contribution in [0.4, 0.5) is 10.1 Å². The number of nitrogens with zero attached hydrogens (tertiary/aromatic N) is 1. The number of benzene rings is 1. The smallest absolute Gasteiger partial charge is 0.340 e. The molecule has 2 amide bonds. The predicted molar refractivity (Wildman–Crippen MR) is 80.3 cm³/mol. The van der Waals surface area contributed by atoms with E-state index in [1.165, 1.54) is 13.1 Å². The molecule has 0 spiro atoms. The molecule has 0 aromatic heterocycles. The van der Waals surface area contributed by atoms with Gasteiger partial charge in [0.1, 0.15) is 5.82 Å². The van der Waals surface area contributed by atoms with Crippen LogP contribution in [0.25, 0.3) is 0 Å². The van der Waals surface area contributed by atoms with Gasteiger partial charge in [-0.25, -0.2) is 9.18 Å². The van der Waals surface area contributed by atoms with Gasteiger partial charge in [0.2, 0.25) is 0 Å². The molecule has 0 aliphatic heterocycles. The third kappa shape index (κ3) is 5.33. The number of nitrogens with one attached hydrogen (secondary N) is 1. The van der Waals surface area contributed by atoms with Crippen molar-refractivity contribution in [3.8, 4) is 0 Å². The van der Waals surface area contributed by atoms with Crippen molar-refractivity contribution >= 4 is 23.5 Å². The van der Waals surface area contributed by atoms with E-state index in [-0.39, 0.29) is 17.8 Å². The molecule has 1 atom stereocenters. The molecule has 0 heterocycles. The Balaban J connectivity index is 2.77. The van der Waals surface area contributed by atoms with Gasteiger partial charge in [-0.1, -0.05) is 0 Å². The Morgan fingerprint density at radius 3 is 2.61 bits per heavy atom. The van der Waals surface area contributed by atoms with Gasteiger partial charge in [0, 0.05) is 19.3 Å². The number of halogens is 1. The summed E-state index contributed by atoms with van der Waals surface area (Å²) in [5.41, 5.74) is -0.255. The highest BCUT2D eigenvalue weighted by molar-refractivity contribution is 6.39. The molecule has 1 aromatic carbocycles. The van der Waals surface area contributed by atoms with Crippen LogP contribution >= 0.6 is 0 Å². The van der Waals surface area contributed by atoms with Gasteiger partial charge in [0.05, 0.1) is 18.8 Å². The summed E-state index contributed by atoms with van der Waals surface area (Å²) in [5.74, 6) is -3.43. The number of aliphatic hydroxyl groups excluding tert-OH is 1. The van der Waals surface area contributed by atoms with Crippen LogP contribution in [0.5, 0.6) is 0 Å². The number of anilines is 1. The molecule has 8 heteroatoms. The van der Waals surface area contributed by atoms with Crippen molar-refractivity contribution in [1.82, 2.24) is 4.90 Å². The van der Waals surface area contributed by atoms with Crippen LogP contribution in [0.15, 0.2) is 18.2 Å². The Kier molecular flexibility index (Phi) is 6.65. The Labute approximate surface area is 133 Å². The molecule has 0 bridgehead atoms. The Morgan fingerprint density at radius 1 is 1.39 bits per heavy atom. The zero-order chi connectivity index (χ0) is 17.6. The second kappa shape index (κ2) is 8.23. The van der Waals surface area contributed by atoms with Gasteiger partial charge < -0.3 is 20.1 Å². The van der Waals surface area contributed by atoms with E-state index in [0.717, 1.165) is 24.1 Å². The third-order valence-electron chi connectivity index (χ3n) is 3.05. The lowest BCUT2D eigenvalue weighted by Gasteiger charge is -2.17. The lowest BCUT2D eigenvalue weighted by molar-refractivity contribution is -0.142. The molecule has 0 radical (unpaired) electrons. The van der Waals surface area contributed by atoms with Crippen LogP contribution in [-0.2, 0) is 14.3 Å². The Morgan fingerprint density at radius 2 is 2.04 bits per heavy atom. The molecule has 2 N–H and O–H groups in total. The van der Waals surface area contributed by atoms with Crippen LogP contribution in [0.3, 0.4) is 0 Å². The number of rotatable bonds is 5. The van der Waals surface area contributed by atoms with Crippen molar-refractivity contribution in [2.45, 2.75) is 19.4 Å². The lowest BCUT2D eigenvalue weighted by atomic mass is 10.2. The average molecular weight is 326 g/mol. The van der Waals surface area contributed by atoms with Crippen molar-refractivity contribution in [1.29, 1.82) is 0 Å². The summed E-state index contributed by atoms with van der Waals surface area (Å²) in [6, 6.07) is 3.30. The molecule has 7 nitrogen and oxygen atoms in total. The molecular weight excluding hydrogens is 307 g/mol. The fraction of sp³-hybridized carbons (Fsp3) is 0.400. The zero-order valence-electron chi connectivity index (χ0n) is 13.1. The van der Waals surface area contributed by atoms with Gasteiger partial charge in [0.25, 0.3) is 0 Å². The Bertz CT molecular complexity index is 604. The van der Waals surface area contributed by atoms with Gasteiger partial charge in [-0.15, -0.1) is 0 Å². The number of ether oxygens (including phenoxy) is 1. The number of methoxy groups -OCH3 is 1. The summed E-state index contributed by atoms with van der Waals surface area (Å²) in [6.07, 6.45) is -0.258. The topological polar surface area (TPSA) is 95.9 Å². The van der Waals surface area contributed by atoms with Gasteiger partial charge in [-0.3, -0.25) is 9.59 Å². The highest BCUT2D eigenvalue weighted by atomic mass is 19.1. The maximum Gasteiger partial charge on any atom is 0.340 e. The predicted octanol–water partition coefficient (Wildman–Crippen LogP) is 0.780. The molecule has 0 saturated carbocycles. The number of amides is 2. The van der Waals surface area contributed by atoms with Crippen LogP contribution in [0.2, 0.25) is 0 Å². The first-order valence-corrected chi connectivity index (χ1v) is 6.88. The van der Waals surface area contributed by atoms with E-state index in [0.29, 0.717) is 6.42 Å². The molecule has 1 aromatic rings. The summed E-state index contributed by atoms with van der Waals surface area (Å²) in [4.78, 5) is 36.3. The van der Waals surface area contributed by atoms with E-state index < -0.39 is 29.7 Å². The van der Waals surface area contributed by atoms with E-state index in [1.807, 2.05) is 0 Å². The van der Waals surface area contributed by atoms with Crippen molar-refractivity contribution < 1.29 is 28.6 Å². The van der Waals surface area contributed by atoms with E-state index in [2.05, 4.69) is 10.1 Å². The first kappa shape index (κ1) is 18.6. The number of hydrogen-bond donors (Lipinski definition) is 2. The second-order valence-electron chi connectivity index (χ2n) is 5.00. The Hall–Kier alpha value is -2.48. The number of hydrogen-bond acceptors (Lipinski definition) is 5. The number of esters is 1. The number of carbonyl (C=O) groups is 3. The lowest BCUT2D eigenvalue weighted by Crippen LogP contribution is -2.38. The number of carbonyl (C=O) groups excluding carboxylic acids is 3. The fourth-order valence-corrected chi connectivity index (χ4v) is 1.71. The standard InChI is InChI=1S/C15H19FN2O5/c1-9(19)6-7-18(2)14(21)13(20)17-10-4-5-12(16)11(8-10)15(22)23-3/h4-5,8-9,19H,6-7H2,1-3H3,(H,17,20). The zero-order valence-corrected chi connectivity index (χ0v) is 13.1. The van der Waals surface area contributed by atoms with Crippen molar-refractivity contribution in [2.24, 2.45) is 0 Å². The van der Waals surface area contributed by atoms with E-state index in [9.17, 15) is 23.9 Å². The third-order valence-corrected chi connectivity index (χ3v) is 3.05. The van der Waals surface area contributed by atoms with Crippen LogP contribution in [-0.4, -0.2) is 54.6 Å². The van der Waals surface area contributed by atoms with Gasteiger partial charge in [-0.2, -0.15) is 0 Å². The van der Waals surface area contributed by atoms with Crippen LogP contribution in [0.1, 0.15) is 23.7 Å². The SMILES string of the molecule is COC(=O)c1cc(NC(=O)C(=O)N(C)CCC(C)O)ccc1F. The summed E-state index contributed by atoms with van der Waals surface area (Å²) >= 11 is 0. The monoisotopic (exact) mass is 326 g/mol. The minimum atomic E-state index is -0.930. The van der Waals surface area contributed by atoms with Gasteiger partial charge in [-0.05, 0) is 31.5 Å². The van der Waals surface area contributed by atoms with E-state index >= 15 is 0 Å². The largest absolute Gasteiger partial charge is 0.465 e. The summed E-state index contributed by atoms with van der Waals surface area (Å²) in [5, 5.41) is 11.5. The number of likely N-dealkylation sites (N-methyl/N-ethyl adjacent to an activating group) is 1. The minimum Gasteiger partial charge on any atom is -0.465 e. The molecule has 1 rings (SSSR count).